The first-order valence-electron chi connectivity index (χ1n) is 7.11. The molecule has 0 bridgehead atoms. The van der Waals surface area contributed by atoms with Crippen molar-refractivity contribution in [2.75, 3.05) is 6.61 Å². The third-order valence-electron chi connectivity index (χ3n) is 3.75. The molecule has 0 saturated heterocycles. The van der Waals surface area contributed by atoms with Crippen molar-refractivity contribution in [3.05, 3.63) is 60.3 Å². The Morgan fingerprint density at radius 1 is 1.27 bits per heavy atom. The van der Waals surface area contributed by atoms with E-state index >= 15 is 0 Å². The minimum Gasteiger partial charge on any atom is -0.459 e. The maximum Gasteiger partial charge on any atom is 0.288 e. The van der Waals surface area contributed by atoms with Gasteiger partial charge in [0.15, 0.2) is 5.76 Å². The minimum atomic E-state index is -0.329. The molecule has 22 heavy (non-hydrogen) atoms. The molecule has 2 aromatic rings. The largest absolute Gasteiger partial charge is 0.459 e. The van der Waals surface area contributed by atoms with E-state index in [0.717, 1.165) is 5.56 Å². The van der Waals surface area contributed by atoms with Gasteiger partial charge in [-0.1, -0.05) is 24.3 Å². The number of aliphatic hydroxyl groups excluding tert-OH is 1. The van der Waals surface area contributed by atoms with Gasteiger partial charge in [0, 0.05) is 24.1 Å². The predicted octanol–water partition coefficient (Wildman–Crippen LogP) is 2.75. The summed E-state index contributed by atoms with van der Waals surface area (Å²) in [4.78, 5) is 12.3. The average molecular weight is 301 g/mol. The zero-order chi connectivity index (χ0) is 15.5. The van der Waals surface area contributed by atoms with E-state index in [-0.39, 0.29) is 36.1 Å². The van der Waals surface area contributed by atoms with Crippen LogP contribution >= 0.6 is 0 Å². The second kappa shape index (κ2) is 6.15. The monoisotopic (exact) mass is 301 g/mol. The summed E-state index contributed by atoms with van der Waals surface area (Å²) in [5.74, 6) is -0.368. The number of nitrogens with one attached hydrogen (secondary N) is 1. The molecular weight excluding hydrogens is 285 g/mol. The number of aliphatic hydroxyl groups is 1. The fourth-order valence-electron chi connectivity index (χ4n) is 2.59. The highest BCUT2D eigenvalue weighted by molar-refractivity contribution is 5.98. The van der Waals surface area contributed by atoms with E-state index in [2.05, 4.69) is 5.32 Å². The van der Waals surface area contributed by atoms with Crippen LogP contribution in [0.4, 0.5) is 4.39 Å². The summed E-state index contributed by atoms with van der Waals surface area (Å²) >= 11 is 0. The second-order valence-electron chi connectivity index (χ2n) is 5.31. The minimum absolute atomic E-state index is 0.0739. The highest BCUT2D eigenvalue weighted by Gasteiger charge is 2.23. The smallest absolute Gasteiger partial charge is 0.288 e. The van der Waals surface area contributed by atoms with Crippen LogP contribution in [0, 0.1) is 11.7 Å². The molecule has 1 aliphatic rings. The Labute approximate surface area is 127 Å². The first kappa shape index (κ1) is 14.5. The standard InChI is InChI=1S/C17H16FNO3/c18-13-4-2-12(3-5-13)15-7-8-22-16(15)17(21)19-14-6-1-11(9-14)10-20/h1-8,11,14,20H,9-10H2,(H,19,21)/t11-,14+/m0/s1. The molecule has 0 fully saturated rings. The molecule has 114 valence electrons. The summed E-state index contributed by atoms with van der Waals surface area (Å²) in [5.41, 5.74) is 1.34. The molecule has 1 aliphatic carbocycles. The van der Waals surface area contributed by atoms with Crippen LogP contribution in [0.2, 0.25) is 0 Å². The molecule has 0 spiro atoms. The van der Waals surface area contributed by atoms with Crippen molar-refractivity contribution in [2.45, 2.75) is 12.5 Å². The van der Waals surface area contributed by atoms with E-state index in [0.29, 0.717) is 12.0 Å². The van der Waals surface area contributed by atoms with Crippen molar-refractivity contribution in [2.24, 2.45) is 5.92 Å². The SMILES string of the molecule is O=C(N[C@@H]1C=C[C@H](CO)C1)c1occc1-c1ccc(F)cc1. The van der Waals surface area contributed by atoms with Crippen LogP contribution in [0.5, 0.6) is 0 Å². The lowest BCUT2D eigenvalue weighted by molar-refractivity contribution is 0.0914. The molecule has 0 unspecified atom stereocenters. The third kappa shape index (κ3) is 2.94. The van der Waals surface area contributed by atoms with E-state index < -0.39 is 0 Å². The number of rotatable bonds is 4. The van der Waals surface area contributed by atoms with Crippen LogP contribution < -0.4 is 5.32 Å². The van der Waals surface area contributed by atoms with E-state index in [4.69, 9.17) is 9.52 Å². The van der Waals surface area contributed by atoms with E-state index in [1.54, 1.807) is 18.2 Å². The molecule has 1 amide bonds. The Morgan fingerprint density at radius 2 is 2.05 bits per heavy atom. The number of carbonyl (C=O) groups excluding carboxylic acids is 1. The molecule has 1 heterocycles. The zero-order valence-corrected chi connectivity index (χ0v) is 11.8. The molecule has 0 radical (unpaired) electrons. The van der Waals surface area contributed by atoms with Gasteiger partial charge >= 0.3 is 0 Å². The Morgan fingerprint density at radius 3 is 2.73 bits per heavy atom. The third-order valence-corrected chi connectivity index (χ3v) is 3.75. The Balaban J connectivity index is 1.76. The number of benzene rings is 1. The van der Waals surface area contributed by atoms with Crippen molar-refractivity contribution in [3.63, 3.8) is 0 Å². The summed E-state index contributed by atoms with van der Waals surface area (Å²) in [6.45, 7) is 0.0739. The predicted molar refractivity (Wildman–Crippen MR) is 79.7 cm³/mol. The topological polar surface area (TPSA) is 62.5 Å². The number of hydrogen-bond acceptors (Lipinski definition) is 3. The van der Waals surface area contributed by atoms with E-state index in [9.17, 15) is 9.18 Å². The van der Waals surface area contributed by atoms with E-state index in [1.807, 2.05) is 12.2 Å². The second-order valence-corrected chi connectivity index (χ2v) is 5.31. The summed E-state index contributed by atoms with van der Waals surface area (Å²) < 4.78 is 18.3. The maximum atomic E-state index is 13.0. The van der Waals surface area contributed by atoms with Crippen molar-refractivity contribution >= 4 is 5.91 Å². The van der Waals surface area contributed by atoms with Crippen LogP contribution in [-0.4, -0.2) is 23.7 Å². The van der Waals surface area contributed by atoms with Crippen molar-refractivity contribution < 1.29 is 18.7 Å². The molecular formula is C17H16FNO3. The number of hydrogen-bond donors (Lipinski definition) is 2. The van der Waals surface area contributed by atoms with E-state index in [1.165, 1.54) is 18.4 Å². The lowest BCUT2D eigenvalue weighted by atomic mass is 10.1. The van der Waals surface area contributed by atoms with Gasteiger partial charge in [-0.25, -0.2) is 4.39 Å². The number of amides is 1. The summed E-state index contributed by atoms with van der Waals surface area (Å²) in [7, 11) is 0. The first-order chi connectivity index (χ1) is 10.7. The Bertz CT molecular complexity index is 690. The van der Waals surface area contributed by atoms with Gasteiger partial charge in [-0.05, 0) is 30.2 Å². The molecule has 1 aromatic heterocycles. The normalized spacial score (nSPS) is 20.3. The molecule has 2 atom stereocenters. The number of carbonyl (C=O) groups is 1. The van der Waals surface area contributed by atoms with Crippen LogP contribution in [0.15, 0.2) is 53.2 Å². The maximum absolute atomic E-state index is 13.0. The van der Waals surface area contributed by atoms with Crippen LogP contribution in [0.3, 0.4) is 0 Å². The Hall–Kier alpha value is -2.40. The molecule has 3 rings (SSSR count). The highest BCUT2D eigenvalue weighted by atomic mass is 19.1. The fourth-order valence-corrected chi connectivity index (χ4v) is 2.59. The van der Waals surface area contributed by atoms with Crippen molar-refractivity contribution in [3.8, 4) is 11.1 Å². The van der Waals surface area contributed by atoms with Gasteiger partial charge in [-0.15, -0.1) is 0 Å². The number of furan rings is 1. The first-order valence-corrected chi connectivity index (χ1v) is 7.11. The van der Waals surface area contributed by atoms with Crippen LogP contribution in [0.1, 0.15) is 17.0 Å². The molecule has 4 nitrogen and oxygen atoms in total. The van der Waals surface area contributed by atoms with Gasteiger partial charge in [-0.2, -0.15) is 0 Å². The molecule has 0 saturated carbocycles. The van der Waals surface area contributed by atoms with Crippen molar-refractivity contribution in [1.82, 2.24) is 5.32 Å². The van der Waals surface area contributed by atoms with Crippen LogP contribution in [0.25, 0.3) is 11.1 Å². The lowest BCUT2D eigenvalue weighted by Gasteiger charge is -2.12. The summed E-state index contributed by atoms with van der Waals surface area (Å²) in [6.07, 6.45) is 5.89. The molecule has 1 aromatic carbocycles. The van der Waals surface area contributed by atoms with Gasteiger partial charge in [0.2, 0.25) is 0 Å². The summed E-state index contributed by atoms with van der Waals surface area (Å²) in [6, 6.07) is 7.47. The quantitative estimate of drug-likeness (QED) is 0.854. The van der Waals surface area contributed by atoms with Gasteiger partial charge in [-0.3, -0.25) is 4.79 Å². The number of halogens is 1. The highest BCUT2D eigenvalue weighted by Crippen LogP contribution is 2.26. The van der Waals surface area contributed by atoms with Gasteiger partial charge in [0.1, 0.15) is 5.82 Å². The van der Waals surface area contributed by atoms with Crippen molar-refractivity contribution in [1.29, 1.82) is 0 Å². The molecule has 2 N–H and O–H groups in total. The average Bonchev–Trinajstić information content (AvgIpc) is 3.16. The van der Waals surface area contributed by atoms with Gasteiger partial charge in [0.05, 0.1) is 6.26 Å². The van der Waals surface area contributed by atoms with Crippen LogP contribution in [-0.2, 0) is 0 Å². The summed E-state index contributed by atoms with van der Waals surface area (Å²) in [5, 5.41) is 12.0. The van der Waals surface area contributed by atoms with Gasteiger partial charge < -0.3 is 14.8 Å². The Kier molecular flexibility index (Phi) is 4.06. The molecule has 5 heteroatoms. The lowest BCUT2D eigenvalue weighted by Crippen LogP contribution is -2.32. The molecule has 0 aliphatic heterocycles. The zero-order valence-electron chi connectivity index (χ0n) is 11.8. The van der Waals surface area contributed by atoms with Gasteiger partial charge in [0.25, 0.3) is 5.91 Å². The fraction of sp³-hybridized carbons (Fsp3) is 0.235.